The minimum Gasteiger partial charge on any atom is -0.348 e. The van der Waals surface area contributed by atoms with Gasteiger partial charge in [-0.1, -0.05) is 29.8 Å². The highest BCUT2D eigenvalue weighted by atomic mass is 35.5. The van der Waals surface area contributed by atoms with E-state index in [1.165, 1.54) is 4.90 Å². The van der Waals surface area contributed by atoms with Gasteiger partial charge in [-0.2, -0.15) is 4.31 Å². The molecule has 1 aromatic rings. The molecule has 106 valence electrons. The lowest BCUT2D eigenvalue weighted by molar-refractivity contribution is -0.128. The molecule has 0 heterocycles. The van der Waals surface area contributed by atoms with Crippen molar-refractivity contribution in [3.63, 3.8) is 0 Å². The molecule has 0 N–H and O–H groups in total. The molecule has 0 bridgehead atoms. The second kappa shape index (κ2) is 6.36. The van der Waals surface area contributed by atoms with Crippen LogP contribution in [0, 0.1) is 0 Å². The standard InChI is InChI=1S/C12H17ClN2O3S/c1-14(2)12(16)9-15(19(3,17)18)8-10-6-4-5-7-11(10)13/h4-7H,8-9H2,1-3H3. The summed E-state index contributed by atoms with van der Waals surface area (Å²) in [5.41, 5.74) is 0.668. The lowest BCUT2D eigenvalue weighted by atomic mass is 10.2. The van der Waals surface area contributed by atoms with Crippen LogP contribution in [0.25, 0.3) is 0 Å². The number of nitrogens with zero attached hydrogens (tertiary/aromatic N) is 2. The van der Waals surface area contributed by atoms with Crippen LogP contribution in [0.2, 0.25) is 5.02 Å². The fourth-order valence-corrected chi connectivity index (χ4v) is 2.31. The minimum absolute atomic E-state index is 0.0814. The predicted octanol–water partition coefficient (Wildman–Crippen LogP) is 1.19. The van der Waals surface area contributed by atoms with E-state index in [9.17, 15) is 13.2 Å². The summed E-state index contributed by atoms with van der Waals surface area (Å²) in [6, 6.07) is 6.96. The van der Waals surface area contributed by atoms with E-state index in [0.29, 0.717) is 10.6 Å². The van der Waals surface area contributed by atoms with E-state index in [-0.39, 0.29) is 19.0 Å². The predicted molar refractivity (Wildman–Crippen MR) is 75.4 cm³/mol. The van der Waals surface area contributed by atoms with Crippen LogP contribution >= 0.6 is 11.6 Å². The summed E-state index contributed by atoms with van der Waals surface area (Å²) in [7, 11) is -0.318. The van der Waals surface area contributed by atoms with Crippen molar-refractivity contribution < 1.29 is 13.2 Å². The number of rotatable bonds is 5. The van der Waals surface area contributed by atoms with Crippen molar-refractivity contribution in [3.8, 4) is 0 Å². The Morgan fingerprint density at radius 3 is 2.32 bits per heavy atom. The molecule has 0 saturated carbocycles. The number of hydrogen-bond donors (Lipinski definition) is 0. The maximum Gasteiger partial charge on any atom is 0.237 e. The van der Waals surface area contributed by atoms with E-state index in [0.717, 1.165) is 10.6 Å². The molecule has 5 nitrogen and oxygen atoms in total. The summed E-state index contributed by atoms with van der Waals surface area (Å²) < 4.78 is 24.5. The average Bonchev–Trinajstić information content (AvgIpc) is 2.29. The zero-order chi connectivity index (χ0) is 14.6. The van der Waals surface area contributed by atoms with Gasteiger partial charge in [0, 0.05) is 25.7 Å². The van der Waals surface area contributed by atoms with Gasteiger partial charge in [0.1, 0.15) is 0 Å². The molecule has 1 amide bonds. The molecular weight excluding hydrogens is 288 g/mol. The molecule has 1 aromatic carbocycles. The Hall–Kier alpha value is -1.11. The first-order valence-electron chi connectivity index (χ1n) is 5.60. The number of carbonyl (C=O) groups is 1. The van der Waals surface area contributed by atoms with E-state index >= 15 is 0 Å². The second-order valence-electron chi connectivity index (χ2n) is 4.41. The highest BCUT2D eigenvalue weighted by Crippen LogP contribution is 2.18. The minimum atomic E-state index is -3.48. The van der Waals surface area contributed by atoms with Crippen LogP contribution in [0.4, 0.5) is 0 Å². The summed E-state index contributed by atoms with van der Waals surface area (Å²) in [6.07, 6.45) is 1.08. The lowest BCUT2D eigenvalue weighted by Crippen LogP contribution is -2.39. The van der Waals surface area contributed by atoms with E-state index in [1.54, 1.807) is 38.4 Å². The quantitative estimate of drug-likeness (QED) is 0.821. The fraction of sp³-hybridized carbons (Fsp3) is 0.417. The smallest absolute Gasteiger partial charge is 0.237 e. The molecular formula is C12H17ClN2O3S. The SMILES string of the molecule is CN(C)C(=O)CN(Cc1ccccc1Cl)S(C)(=O)=O. The molecule has 0 aliphatic rings. The van der Waals surface area contributed by atoms with Crippen molar-refractivity contribution in [2.24, 2.45) is 0 Å². The third-order valence-corrected chi connectivity index (χ3v) is 4.15. The molecule has 0 unspecified atom stereocenters. The Bertz CT molecular complexity index is 558. The first-order valence-corrected chi connectivity index (χ1v) is 7.83. The van der Waals surface area contributed by atoms with Crippen molar-refractivity contribution in [2.45, 2.75) is 6.54 Å². The van der Waals surface area contributed by atoms with Gasteiger partial charge in [0.2, 0.25) is 15.9 Å². The number of sulfonamides is 1. The topological polar surface area (TPSA) is 57.7 Å². The van der Waals surface area contributed by atoms with Crippen LogP contribution in [0.3, 0.4) is 0 Å². The number of amides is 1. The Labute approximate surface area is 118 Å². The van der Waals surface area contributed by atoms with E-state index in [4.69, 9.17) is 11.6 Å². The van der Waals surface area contributed by atoms with Crippen molar-refractivity contribution in [1.29, 1.82) is 0 Å². The third kappa shape index (κ3) is 4.81. The molecule has 0 aromatic heterocycles. The first kappa shape index (κ1) is 15.9. The van der Waals surface area contributed by atoms with Gasteiger partial charge in [-0.05, 0) is 11.6 Å². The Balaban J connectivity index is 2.95. The van der Waals surface area contributed by atoms with E-state index in [1.807, 2.05) is 0 Å². The van der Waals surface area contributed by atoms with Crippen molar-refractivity contribution >= 4 is 27.5 Å². The molecule has 1 rings (SSSR count). The Morgan fingerprint density at radius 2 is 1.84 bits per heavy atom. The normalized spacial score (nSPS) is 11.6. The highest BCUT2D eigenvalue weighted by Gasteiger charge is 2.22. The zero-order valence-corrected chi connectivity index (χ0v) is 12.7. The molecule has 0 radical (unpaired) electrons. The number of halogens is 1. The third-order valence-electron chi connectivity index (χ3n) is 2.58. The largest absolute Gasteiger partial charge is 0.348 e. The van der Waals surface area contributed by atoms with Crippen LogP contribution < -0.4 is 0 Å². The van der Waals surface area contributed by atoms with Gasteiger partial charge >= 0.3 is 0 Å². The van der Waals surface area contributed by atoms with Crippen LogP contribution in [-0.4, -0.2) is 50.4 Å². The molecule has 0 fully saturated rings. The summed E-state index contributed by atoms with van der Waals surface area (Å²) >= 11 is 6.00. The molecule has 19 heavy (non-hydrogen) atoms. The first-order chi connectivity index (χ1) is 8.71. The Morgan fingerprint density at radius 1 is 1.26 bits per heavy atom. The van der Waals surface area contributed by atoms with Crippen LogP contribution in [0.5, 0.6) is 0 Å². The molecule has 0 aliphatic heterocycles. The number of benzene rings is 1. The monoisotopic (exact) mass is 304 g/mol. The van der Waals surface area contributed by atoms with Crippen molar-refractivity contribution in [2.75, 3.05) is 26.9 Å². The number of hydrogen-bond acceptors (Lipinski definition) is 3. The number of likely N-dealkylation sites (N-methyl/N-ethyl adjacent to an activating group) is 1. The van der Waals surface area contributed by atoms with Crippen LogP contribution in [-0.2, 0) is 21.4 Å². The summed E-state index contributed by atoms with van der Waals surface area (Å²) in [5.74, 6) is -0.280. The Kier molecular flexibility index (Phi) is 5.34. The summed E-state index contributed by atoms with van der Waals surface area (Å²) in [6.45, 7) is -0.116. The van der Waals surface area contributed by atoms with Gasteiger partial charge in [0.25, 0.3) is 0 Å². The fourth-order valence-electron chi connectivity index (χ4n) is 1.40. The van der Waals surface area contributed by atoms with Gasteiger partial charge in [-0.3, -0.25) is 4.79 Å². The van der Waals surface area contributed by atoms with Crippen LogP contribution in [0.1, 0.15) is 5.56 Å². The van der Waals surface area contributed by atoms with Gasteiger partial charge in [0.15, 0.2) is 0 Å². The average molecular weight is 305 g/mol. The molecule has 7 heteroatoms. The molecule has 0 spiro atoms. The van der Waals surface area contributed by atoms with Gasteiger partial charge in [-0.25, -0.2) is 8.42 Å². The second-order valence-corrected chi connectivity index (χ2v) is 6.80. The van der Waals surface area contributed by atoms with Crippen molar-refractivity contribution in [3.05, 3.63) is 34.9 Å². The molecule has 0 saturated heterocycles. The maximum absolute atomic E-state index is 11.7. The summed E-state index contributed by atoms with van der Waals surface area (Å²) in [5, 5.41) is 0.480. The highest BCUT2D eigenvalue weighted by molar-refractivity contribution is 7.88. The summed E-state index contributed by atoms with van der Waals surface area (Å²) in [4.78, 5) is 13.0. The lowest BCUT2D eigenvalue weighted by Gasteiger charge is -2.21. The van der Waals surface area contributed by atoms with Crippen LogP contribution in [0.15, 0.2) is 24.3 Å². The maximum atomic E-state index is 11.7. The molecule has 0 aliphatic carbocycles. The number of carbonyl (C=O) groups excluding carboxylic acids is 1. The zero-order valence-electron chi connectivity index (χ0n) is 11.1. The van der Waals surface area contributed by atoms with Gasteiger partial charge in [0.05, 0.1) is 12.8 Å². The van der Waals surface area contributed by atoms with E-state index in [2.05, 4.69) is 0 Å². The van der Waals surface area contributed by atoms with Gasteiger partial charge < -0.3 is 4.90 Å². The van der Waals surface area contributed by atoms with Gasteiger partial charge in [-0.15, -0.1) is 0 Å². The van der Waals surface area contributed by atoms with E-state index < -0.39 is 10.0 Å². The molecule has 0 atom stereocenters. The van der Waals surface area contributed by atoms with Crippen molar-refractivity contribution in [1.82, 2.24) is 9.21 Å².